The van der Waals surface area contributed by atoms with Crippen LogP contribution in [0.3, 0.4) is 0 Å². The maximum Gasteiger partial charge on any atom is 0.202 e. The number of ether oxygens (including phenoxy) is 1. The number of H-pyrrole nitrogens is 1. The van der Waals surface area contributed by atoms with E-state index in [4.69, 9.17) is 16.3 Å². The van der Waals surface area contributed by atoms with Gasteiger partial charge in [0.2, 0.25) is 5.78 Å². The van der Waals surface area contributed by atoms with Gasteiger partial charge in [0, 0.05) is 22.2 Å². The SMILES string of the molecule is Cc1[nH]c2ccccc2c1C(=O)COc1ccc(F)cc1Cl. The summed E-state index contributed by atoms with van der Waals surface area (Å²) < 4.78 is 18.4. The van der Waals surface area contributed by atoms with Crippen LogP contribution < -0.4 is 4.74 Å². The summed E-state index contributed by atoms with van der Waals surface area (Å²) in [4.78, 5) is 15.6. The number of aromatic nitrogens is 1. The molecule has 0 fully saturated rings. The van der Waals surface area contributed by atoms with Crippen molar-refractivity contribution in [1.82, 2.24) is 4.98 Å². The van der Waals surface area contributed by atoms with Crippen LogP contribution in [0.1, 0.15) is 16.1 Å². The predicted molar refractivity (Wildman–Crippen MR) is 84.3 cm³/mol. The van der Waals surface area contributed by atoms with Crippen molar-refractivity contribution in [1.29, 1.82) is 0 Å². The molecule has 1 aromatic heterocycles. The molecule has 2 aromatic carbocycles. The minimum Gasteiger partial charge on any atom is -0.484 e. The van der Waals surface area contributed by atoms with Crippen molar-refractivity contribution in [3.8, 4) is 5.75 Å². The number of benzene rings is 2. The highest BCUT2D eigenvalue weighted by molar-refractivity contribution is 6.32. The monoisotopic (exact) mass is 317 g/mol. The largest absolute Gasteiger partial charge is 0.484 e. The maximum absolute atomic E-state index is 13.0. The van der Waals surface area contributed by atoms with E-state index in [0.717, 1.165) is 22.7 Å². The van der Waals surface area contributed by atoms with Crippen LogP contribution in [-0.4, -0.2) is 17.4 Å². The Bertz CT molecular complexity index is 857. The number of hydrogen-bond acceptors (Lipinski definition) is 2. The summed E-state index contributed by atoms with van der Waals surface area (Å²) in [6.45, 7) is 1.69. The smallest absolute Gasteiger partial charge is 0.202 e. The summed E-state index contributed by atoms with van der Waals surface area (Å²) in [5.41, 5.74) is 2.30. The Balaban J connectivity index is 1.83. The fraction of sp³-hybridized carbons (Fsp3) is 0.118. The Morgan fingerprint density at radius 3 is 2.82 bits per heavy atom. The van der Waals surface area contributed by atoms with E-state index < -0.39 is 5.82 Å². The van der Waals surface area contributed by atoms with Crippen molar-refractivity contribution in [2.45, 2.75) is 6.92 Å². The summed E-state index contributed by atoms with van der Waals surface area (Å²) in [7, 11) is 0. The van der Waals surface area contributed by atoms with Gasteiger partial charge < -0.3 is 9.72 Å². The number of aryl methyl sites for hydroxylation is 1. The Morgan fingerprint density at radius 1 is 1.27 bits per heavy atom. The van der Waals surface area contributed by atoms with Crippen LogP contribution >= 0.6 is 11.6 Å². The van der Waals surface area contributed by atoms with Gasteiger partial charge >= 0.3 is 0 Å². The molecule has 1 heterocycles. The molecule has 0 aliphatic carbocycles. The molecular formula is C17H13ClFNO2. The molecule has 3 rings (SSSR count). The quantitative estimate of drug-likeness (QED) is 0.718. The second-order valence-electron chi connectivity index (χ2n) is 4.96. The highest BCUT2D eigenvalue weighted by Crippen LogP contribution is 2.26. The molecule has 0 aliphatic heterocycles. The van der Waals surface area contributed by atoms with Gasteiger partial charge in [-0.3, -0.25) is 4.79 Å². The lowest BCUT2D eigenvalue weighted by Crippen LogP contribution is -2.12. The molecule has 0 spiro atoms. The number of aromatic amines is 1. The molecule has 0 saturated carbocycles. The van der Waals surface area contributed by atoms with E-state index >= 15 is 0 Å². The second kappa shape index (κ2) is 5.81. The first-order valence-corrected chi connectivity index (χ1v) is 7.12. The molecule has 0 amide bonds. The van der Waals surface area contributed by atoms with Gasteiger partial charge in [0.15, 0.2) is 6.61 Å². The zero-order chi connectivity index (χ0) is 15.7. The lowest BCUT2D eigenvalue weighted by Gasteiger charge is -2.07. The van der Waals surface area contributed by atoms with Crippen LogP contribution in [0, 0.1) is 12.7 Å². The van der Waals surface area contributed by atoms with Crippen LogP contribution in [0.25, 0.3) is 10.9 Å². The van der Waals surface area contributed by atoms with Gasteiger partial charge in [0.1, 0.15) is 11.6 Å². The normalized spacial score (nSPS) is 10.9. The Kier molecular flexibility index (Phi) is 3.86. The van der Waals surface area contributed by atoms with Gasteiger partial charge in [-0.2, -0.15) is 0 Å². The van der Waals surface area contributed by atoms with Crippen LogP contribution in [0.2, 0.25) is 5.02 Å². The first-order valence-electron chi connectivity index (χ1n) is 6.74. The summed E-state index contributed by atoms with van der Waals surface area (Å²) in [5.74, 6) is -0.319. The maximum atomic E-state index is 13.0. The molecule has 0 unspecified atom stereocenters. The molecule has 1 N–H and O–H groups in total. The van der Waals surface area contributed by atoms with Crippen molar-refractivity contribution in [2.24, 2.45) is 0 Å². The molecule has 0 aliphatic rings. The lowest BCUT2D eigenvalue weighted by atomic mass is 10.1. The standard InChI is InChI=1S/C17H13ClFNO2/c1-10-17(12-4-2-3-5-14(12)20-10)15(21)9-22-16-7-6-11(19)8-13(16)18/h2-8,20H,9H2,1H3. The Morgan fingerprint density at radius 2 is 2.05 bits per heavy atom. The Hall–Kier alpha value is -2.33. The predicted octanol–water partition coefficient (Wildman–Crippen LogP) is 4.53. The number of Topliss-reactive ketones (excluding diaryl/α,β-unsaturated/α-hetero) is 1. The fourth-order valence-corrected chi connectivity index (χ4v) is 2.67. The lowest BCUT2D eigenvalue weighted by molar-refractivity contribution is 0.0922. The number of ketones is 1. The van der Waals surface area contributed by atoms with Crippen molar-refractivity contribution >= 4 is 28.3 Å². The first-order chi connectivity index (χ1) is 10.6. The Labute approximate surface area is 131 Å². The van der Waals surface area contributed by atoms with Crippen LogP contribution in [0.15, 0.2) is 42.5 Å². The van der Waals surface area contributed by atoms with E-state index in [1.54, 1.807) is 0 Å². The zero-order valence-corrected chi connectivity index (χ0v) is 12.6. The van der Waals surface area contributed by atoms with Crippen molar-refractivity contribution in [2.75, 3.05) is 6.61 Å². The highest BCUT2D eigenvalue weighted by atomic mass is 35.5. The van der Waals surface area contributed by atoms with Gasteiger partial charge in [-0.15, -0.1) is 0 Å². The minimum atomic E-state index is -0.448. The number of nitrogens with one attached hydrogen (secondary N) is 1. The molecular weight excluding hydrogens is 305 g/mol. The molecule has 3 nitrogen and oxygen atoms in total. The summed E-state index contributed by atoms with van der Waals surface area (Å²) in [6.07, 6.45) is 0. The number of para-hydroxylation sites is 1. The third-order valence-electron chi connectivity index (χ3n) is 3.43. The van der Waals surface area contributed by atoms with E-state index in [1.807, 2.05) is 31.2 Å². The number of carbonyl (C=O) groups excluding carboxylic acids is 1. The number of hydrogen-bond donors (Lipinski definition) is 1. The topological polar surface area (TPSA) is 42.1 Å². The zero-order valence-electron chi connectivity index (χ0n) is 11.8. The van der Waals surface area contributed by atoms with E-state index in [0.29, 0.717) is 5.56 Å². The van der Waals surface area contributed by atoms with Gasteiger partial charge in [-0.05, 0) is 31.2 Å². The molecule has 0 bridgehead atoms. The van der Waals surface area contributed by atoms with Gasteiger partial charge in [-0.25, -0.2) is 4.39 Å². The summed E-state index contributed by atoms with van der Waals surface area (Å²) >= 11 is 5.88. The number of carbonyl (C=O) groups is 1. The highest BCUT2D eigenvalue weighted by Gasteiger charge is 2.16. The number of halogens is 2. The number of rotatable bonds is 4. The van der Waals surface area contributed by atoms with Gasteiger partial charge in [0.05, 0.1) is 5.02 Å². The third kappa shape index (κ3) is 2.70. The fourth-order valence-electron chi connectivity index (χ4n) is 2.44. The third-order valence-corrected chi connectivity index (χ3v) is 3.72. The van der Waals surface area contributed by atoms with Gasteiger partial charge in [-0.1, -0.05) is 29.8 Å². The summed E-state index contributed by atoms with van der Waals surface area (Å²) in [5, 5.41) is 1.00. The van der Waals surface area contributed by atoms with Gasteiger partial charge in [0.25, 0.3) is 0 Å². The minimum absolute atomic E-state index is 0.142. The van der Waals surface area contributed by atoms with Crippen LogP contribution in [-0.2, 0) is 0 Å². The van der Waals surface area contributed by atoms with Crippen molar-refractivity contribution in [3.05, 3.63) is 64.6 Å². The summed E-state index contributed by atoms with van der Waals surface area (Å²) in [6, 6.07) is 11.4. The van der Waals surface area contributed by atoms with E-state index in [9.17, 15) is 9.18 Å². The average molecular weight is 318 g/mol. The first kappa shape index (κ1) is 14.6. The van der Waals surface area contributed by atoms with Crippen LogP contribution in [0.4, 0.5) is 4.39 Å². The van der Waals surface area contributed by atoms with Crippen molar-refractivity contribution in [3.63, 3.8) is 0 Å². The molecule has 0 atom stereocenters. The molecule has 0 saturated heterocycles. The molecule has 112 valence electrons. The molecule has 5 heteroatoms. The molecule has 3 aromatic rings. The van der Waals surface area contributed by atoms with E-state index in [1.165, 1.54) is 12.1 Å². The van der Waals surface area contributed by atoms with E-state index in [-0.39, 0.29) is 23.2 Å². The average Bonchev–Trinajstić information content (AvgIpc) is 2.82. The number of fused-ring (bicyclic) bond motifs is 1. The molecule has 0 radical (unpaired) electrons. The van der Waals surface area contributed by atoms with Crippen molar-refractivity contribution < 1.29 is 13.9 Å². The van der Waals surface area contributed by atoms with E-state index in [2.05, 4.69) is 4.98 Å². The van der Waals surface area contributed by atoms with Crippen LogP contribution in [0.5, 0.6) is 5.75 Å². The molecule has 22 heavy (non-hydrogen) atoms. The second-order valence-corrected chi connectivity index (χ2v) is 5.36.